The maximum atomic E-state index is 11.3. The lowest BCUT2D eigenvalue weighted by Gasteiger charge is -1.88. The van der Waals surface area contributed by atoms with E-state index < -0.39 is 5.97 Å². The highest BCUT2D eigenvalue weighted by molar-refractivity contribution is 8.01. The van der Waals surface area contributed by atoms with Crippen LogP contribution in [0.15, 0.2) is 15.5 Å². The second kappa shape index (κ2) is 3.99. The zero-order chi connectivity index (χ0) is 10.8. The van der Waals surface area contributed by atoms with E-state index in [2.05, 4.69) is 15.0 Å². The first kappa shape index (κ1) is 10.1. The second-order valence-corrected chi connectivity index (χ2v) is 4.77. The van der Waals surface area contributed by atoms with Gasteiger partial charge in [0.1, 0.15) is 4.70 Å². The normalized spacial score (nSPS) is 10.7. The monoisotopic (exact) mass is 243 g/mol. The number of hydrogen-bond donors (Lipinski definition) is 2. The summed E-state index contributed by atoms with van der Waals surface area (Å²) in [5, 5.41) is 8.48. The van der Waals surface area contributed by atoms with Gasteiger partial charge in [0.2, 0.25) is 0 Å². The third-order valence-electron chi connectivity index (χ3n) is 1.50. The topological polar surface area (TPSA) is 95.9 Å². The SMILES string of the molecule is O=C(O)CSc1nc2nc[nH]c(=O)c2s1. The van der Waals surface area contributed by atoms with Crippen LogP contribution in [0, 0.1) is 0 Å². The zero-order valence-corrected chi connectivity index (χ0v) is 8.89. The molecule has 0 aromatic carbocycles. The van der Waals surface area contributed by atoms with Gasteiger partial charge in [-0.25, -0.2) is 9.97 Å². The Balaban J connectivity index is 2.35. The average Bonchev–Trinajstić information content (AvgIpc) is 2.59. The molecule has 0 amide bonds. The van der Waals surface area contributed by atoms with Gasteiger partial charge in [0.25, 0.3) is 5.56 Å². The van der Waals surface area contributed by atoms with E-state index >= 15 is 0 Å². The lowest BCUT2D eigenvalue weighted by Crippen LogP contribution is -2.03. The van der Waals surface area contributed by atoms with Gasteiger partial charge in [-0.1, -0.05) is 11.8 Å². The van der Waals surface area contributed by atoms with E-state index in [1.165, 1.54) is 6.33 Å². The van der Waals surface area contributed by atoms with Crippen LogP contribution in [-0.2, 0) is 4.79 Å². The Labute approximate surface area is 91.4 Å². The number of fused-ring (bicyclic) bond motifs is 1. The molecule has 0 bridgehead atoms. The van der Waals surface area contributed by atoms with Gasteiger partial charge in [0.15, 0.2) is 9.99 Å². The first-order valence-corrected chi connectivity index (χ1v) is 5.66. The third-order valence-corrected chi connectivity index (χ3v) is 3.67. The number of aliphatic carboxylic acids is 1. The van der Waals surface area contributed by atoms with Crippen molar-refractivity contribution in [3.8, 4) is 0 Å². The quantitative estimate of drug-likeness (QED) is 0.764. The zero-order valence-electron chi connectivity index (χ0n) is 7.26. The molecule has 0 aliphatic heterocycles. The van der Waals surface area contributed by atoms with Crippen LogP contribution in [0.3, 0.4) is 0 Å². The minimum Gasteiger partial charge on any atom is -0.481 e. The Kier molecular flexibility index (Phi) is 2.69. The van der Waals surface area contributed by atoms with Crippen molar-refractivity contribution in [3.63, 3.8) is 0 Å². The summed E-state index contributed by atoms with van der Waals surface area (Å²) in [4.78, 5) is 31.9. The maximum absolute atomic E-state index is 11.3. The van der Waals surface area contributed by atoms with Gasteiger partial charge in [0, 0.05) is 0 Å². The molecule has 0 aliphatic rings. The predicted octanol–water partition coefficient (Wildman–Crippen LogP) is 0.556. The van der Waals surface area contributed by atoms with Crippen molar-refractivity contribution in [1.82, 2.24) is 15.0 Å². The van der Waals surface area contributed by atoms with E-state index in [0.29, 0.717) is 14.7 Å². The van der Waals surface area contributed by atoms with Crippen molar-refractivity contribution < 1.29 is 9.90 Å². The molecule has 2 heterocycles. The molecule has 0 spiro atoms. The molecule has 8 heteroatoms. The first-order valence-electron chi connectivity index (χ1n) is 3.85. The highest BCUT2D eigenvalue weighted by Crippen LogP contribution is 2.25. The molecular formula is C7H5N3O3S2. The fraction of sp³-hybridized carbons (Fsp3) is 0.143. The molecule has 15 heavy (non-hydrogen) atoms. The Morgan fingerprint density at radius 1 is 1.67 bits per heavy atom. The van der Waals surface area contributed by atoms with Gasteiger partial charge in [-0.3, -0.25) is 9.59 Å². The highest BCUT2D eigenvalue weighted by Gasteiger charge is 2.09. The van der Waals surface area contributed by atoms with Crippen LogP contribution in [-0.4, -0.2) is 31.8 Å². The minimum absolute atomic E-state index is 0.0717. The molecule has 0 fully saturated rings. The van der Waals surface area contributed by atoms with E-state index in [1.54, 1.807) is 0 Å². The molecule has 2 aromatic rings. The third kappa shape index (κ3) is 2.16. The van der Waals surface area contributed by atoms with E-state index in [1.807, 2.05) is 0 Å². The van der Waals surface area contributed by atoms with E-state index in [0.717, 1.165) is 23.1 Å². The Morgan fingerprint density at radius 3 is 3.13 bits per heavy atom. The number of aromatic amines is 1. The number of carbonyl (C=O) groups is 1. The summed E-state index contributed by atoms with van der Waals surface area (Å²) in [7, 11) is 0. The summed E-state index contributed by atoms with van der Waals surface area (Å²) < 4.78 is 0.960. The summed E-state index contributed by atoms with van der Waals surface area (Å²) in [5.41, 5.74) is 0.108. The number of aromatic nitrogens is 3. The number of H-pyrrole nitrogens is 1. The molecule has 0 radical (unpaired) electrons. The molecule has 0 unspecified atom stereocenters. The molecule has 0 saturated heterocycles. The van der Waals surface area contributed by atoms with Gasteiger partial charge in [-0.2, -0.15) is 0 Å². The summed E-state index contributed by atoms with van der Waals surface area (Å²) in [5.74, 6) is -0.987. The van der Waals surface area contributed by atoms with Crippen LogP contribution in [0.1, 0.15) is 0 Å². The van der Waals surface area contributed by atoms with Crippen LogP contribution in [0.25, 0.3) is 10.3 Å². The maximum Gasteiger partial charge on any atom is 0.313 e. The summed E-state index contributed by atoms with van der Waals surface area (Å²) >= 11 is 2.23. The molecule has 0 aliphatic carbocycles. The standard InChI is InChI=1S/C7H5N3O3S2/c11-3(12)1-14-7-10-5-4(15-7)6(13)9-2-8-5/h2H,1H2,(H,11,12)(H,8,9,13). The molecule has 6 nitrogen and oxygen atoms in total. The summed E-state index contributed by atoms with van der Waals surface area (Å²) in [6.07, 6.45) is 1.27. The second-order valence-electron chi connectivity index (χ2n) is 2.55. The number of carboxylic acid groups (broad SMARTS) is 1. The van der Waals surface area contributed by atoms with Crippen LogP contribution in [0.5, 0.6) is 0 Å². The van der Waals surface area contributed by atoms with Gasteiger partial charge in [0.05, 0.1) is 12.1 Å². The van der Waals surface area contributed by atoms with Crippen LogP contribution in [0.2, 0.25) is 0 Å². The lowest BCUT2D eigenvalue weighted by molar-refractivity contribution is -0.133. The Hall–Kier alpha value is -1.41. The van der Waals surface area contributed by atoms with Crippen LogP contribution >= 0.6 is 23.1 Å². The number of nitrogens with zero attached hydrogens (tertiary/aromatic N) is 2. The highest BCUT2D eigenvalue weighted by atomic mass is 32.2. The van der Waals surface area contributed by atoms with Crippen molar-refractivity contribution in [3.05, 3.63) is 16.7 Å². The number of nitrogens with one attached hydrogen (secondary N) is 1. The van der Waals surface area contributed by atoms with Crippen molar-refractivity contribution >= 4 is 39.4 Å². The predicted molar refractivity (Wildman–Crippen MR) is 56.4 cm³/mol. The number of rotatable bonds is 3. The van der Waals surface area contributed by atoms with Gasteiger partial charge in [-0.15, -0.1) is 11.3 Å². The largest absolute Gasteiger partial charge is 0.481 e. The number of hydrogen-bond acceptors (Lipinski definition) is 6. The fourth-order valence-electron chi connectivity index (χ4n) is 0.931. The number of carboxylic acids is 1. The average molecular weight is 243 g/mol. The van der Waals surface area contributed by atoms with Gasteiger partial charge in [-0.05, 0) is 0 Å². The van der Waals surface area contributed by atoms with E-state index in [-0.39, 0.29) is 11.3 Å². The number of thioether (sulfide) groups is 1. The van der Waals surface area contributed by atoms with Gasteiger partial charge < -0.3 is 10.1 Å². The lowest BCUT2D eigenvalue weighted by atomic mass is 10.6. The first-order chi connectivity index (χ1) is 7.16. The van der Waals surface area contributed by atoms with Crippen LogP contribution < -0.4 is 5.56 Å². The summed E-state index contributed by atoms with van der Waals surface area (Å²) in [6.45, 7) is 0. The molecule has 2 N–H and O–H groups in total. The molecule has 2 rings (SSSR count). The fourth-order valence-corrected chi connectivity index (χ4v) is 2.64. The Morgan fingerprint density at radius 2 is 2.47 bits per heavy atom. The van der Waals surface area contributed by atoms with Gasteiger partial charge >= 0.3 is 5.97 Å². The summed E-state index contributed by atoms with van der Waals surface area (Å²) in [6, 6.07) is 0. The van der Waals surface area contributed by atoms with E-state index in [4.69, 9.17) is 5.11 Å². The van der Waals surface area contributed by atoms with E-state index in [9.17, 15) is 9.59 Å². The Bertz CT molecular complexity index is 562. The van der Waals surface area contributed by atoms with Crippen molar-refractivity contribution in [1.29, 1.82) is 0 Å². The molecular weight excluding hydrogens is 238 g/mol. The van der Waals surface area contributed by atoms with Crippen molar-refractivity contribution in [2.24, 2.45) is 0 Å². The minimum atomic E-state index is -0.916. The van der Waals surface area contributed by atoms with Crippen LogP contribution in [0.4, 0.5) is 0 Å². The molecule has 0 saturated carbocycles. The molecule has 0 atom stereocenters. The van der Waals surface area contributed by atoms with Crippen molar-refractivity contribution in [2.75, 3.05) is 5.75 Å². The molecule has 78 valence electrons. The van der Waals surface area contributed by atoms with Crippen molar-refractivity contribution in [2.45, 2.75) is 4.34 Å². The molecule has 2 aromatic heterocycles. The smallest absolute Gasteiger partial charge is 0.313 e. The number of thiazole rings is 1.